The molecule has 0 saturated heterocycles. The summed E-state index contributed by atoms with van der Waals surface area (Å²) in [6, 6.07) is 12.5. The fourth-order valence-corrected chi connectivity index (χ4v) is 2.75. The van der Waals surface area contributed by atoms with Gasteiger partial charge in [0.05, 0.1) is 12.1 Å². The van der Waals surface area contributed by atoms with Gasteiger partial charge in [-0.15, -0.1) is 11.8 Å². The van der Waals surface area contributed by atoms with Crippen LogP contribution in [-0.4, -0.2) is 30.3 Å². The van der Waals surface area contributed by atoms with E-state index in [2.05, 4.69) is 45.1 Å². The van der Waals surface area contributed by atoms with E-state index in [-0.39, 0.29) is 0 Å². The minimum atomic E-state index is 0.522. The van der Waals surface area contributed by atoms with Crippen LogP contribution in [0, 0.1) is 22.7 Å². The van der Waals surface area contributed by atoms with Crippen molar-refractivity contribution in [2.45, 2.75) is 17.7 Å². The normalized spacial score (nSPS) is 10.1. The molecule has 1 aromatic carbocycles. The topological polar surface area (TPSA) is 50.8 Å². The Balaban J connectivity index is 2.32. The summed E-state index contributed by atoms with van der Waals surface area (Å²) in [6.07, 6.45) is 1.04. The lowest BCUT2D eigenvalue weighted by molar-refractivity contribution is 0.304. The summed E-state index contributed by atoms with van der Waals surface area (Å²) < 4.78 is 1.08. The van der Waals surface area contributed by atoms with E-state index < -0.39 is 0 Å². The Morgan fingerprint density at radius 3 is 2.11 bits per heavy atom. The molecule has 0 aliphatic rings. The molecular formula is C14H16BrN3S. The van der Waals surface area contributed by atoms with Crippen LogP contribution in [0.5, 0.6) is 0 Å². The molecule has 0 fully saturated rings. The lowest BCUT2D eigenvalue weighted by atomic mass is 10.3. The van der Waals surface area contributed by atoms with Crippen LogP contribution in [-0.2, 0) is 0 Å². The summed E-state index contributed by atoms with van der Waals surface area (Å²) in [4.78, 5) is 3.42. The van der Waals surface area contributed by atoms with E-state index in [0.717, 1.165) is 29.9 Å². The number of hydrogen-bond acceptors (Lipinski definition) is 4. The molecule has 0 amide bonds. The van der Waals surface area contributed by atoms with Gasteiger partial charge in [0.2, 0.25) is 0 Å². The first kappa shape index (κ1) is 16.0. The minimum absolute atomic E-state index is 0.522. The van der Waals surface area contributed by atoms with Gasteiger partial charge >= 0.3 is 0 Å². The third-order valence-electron chi connectivity index (χ3n) is 2.57. The fraction of sp³-hybridized carbons (Fsp3) is 0.429. The van der Waals surface area contributed by atoms with Gasteiger partial charge in [-0.2, -0.15) is 10.5 Å². The summed E-state index contributed by atoms with van der Waals surface area (Å²) in [5.74, 6) is 0.971. The first-order chi connectivity index (χ1) is 9.26. The van der Waals surface area contributed by atoms with E-state index in [4.69, 9.17) is 10.5 Å². The van der Waals surface area contributed by atoms with E-state index >= 15 is 0 Å². The first-order valence-electron chi connectivity index (χ1n) is 6.11. The Kier molecular flexibility index (Phi) is 8.33. The molecule has 1 aromatic rings. The van der Waals surface area contributed by atoms with Gasteiger partial charge in [0.15, 0.2) is 0 Å². The molecule has 19 heavy (non-hydrogen) atoms. The molecule has 1 rings (SSSR count). The van der Waals surface area contributed by atoms with Crippen molar-refractivity contribution >= 4 is 27.7 Å². The lowest BCUT2D eigenvalue weighted by Crippen LogP contribution is -2.28. The third-order valence-corrected chi connectivity index (χ3v) is 4.09. The summed E-state index contributed by atoms with van der Waals surface area (Å²) >= 11 is 5.21. The quantitative estimate of drug-likeness (QED) is 0.679. The van der Waals surface area contributed by atoms with Crippen LogP contribution in [0.3, 0.4) is 0 Å². The Morgan fingerprint density at radius 2 is 1.58 bits per heavy atom. The average molecular weight is 338 g/mol. The zero-order valence-electron chi connectivity index (χ0n) is 10.7. The maximum absolute atomic E-state index is 8.62. The SMILES string of the molecule is N#CCCN(CCC#N)CCSc1ccc(Br)cc1. The molecular weight excluding hydrogens is 322 g/mol. The second-order valence-corrected chi connectivity index (χ2v) is 6.04. The van der Waals surface area contributed by atoms with Gasteiger partial charge in [0.1, 0.15) is 0 Å². The van der Waals surface area contributed by atoms with E-state index in [9.17, 15) is 0 Å². The van der Waals surface area contributed by atoms with Gasteiger partial charge in [0, 0.05) is 47.6 Å². The molecule has 0 unspecified atom stereocenters. The molecule has 3 nitrogen and oxygen atoms in total. The highest BCUT2D eigenvalue weighted by atomic mass is 79.9. The van der Waals surface area contributed by atoms with Gasteiger partial charge in [-0.3, -0.25) is 0 Å². The number of nitrogens with zero attached hydrogens (tertiary/aromatic N) is 3. The lowest BCUT2D eigenvalue weighted by Gasteiger charge is -2.19. The zero-order valence-corrected chi connectivity index (χ0v) is 13.1. The van der Waals surface area contributed by atoms with Gasteiger partial charge in [0.25, 0.3) is 0 Å². The third kappa shape index (κ3) is 7.22. The van der Waals surface area contributed by atoms with Crippen molar-refractivity contribution in [3.05, 3.63) is 28.7 Å². The molecule has 0 spiro atoms. The molecule has 0 aliphatic carbocycles. The van der Waals surface area contributed by atoms with Crippen molar-refractivity contribution in [3.63, 3.8) is 0 Å². The van der Waals surface area contributed by atoms with Crippen LogP contribution in [0.1, 0.15) is 12.8 Å². The molecule has 0 radical (unpaired) electrons. The summed E-state index contributed by atoms with van der Waals surface area (Å²) in [7, 11) is 0. The monoisotopic (exact) mass is 337 g/mol. The highest BCUT2D eigenvalue weighted by Gasteiger charge is 2.04. The van der Waals surface area contributed by atoms with Crippen molar-refractivity contribution in [2.75, 3.05) is 25.4 Å². The van der Waals surface area contributed by atoms with Crippen LogP contribution in [0.15, 0.2) is 33.6 Å². The van der Waals surface area contributed by atoms with Gasteiger partial charge < -0.3 is 4.90 Å². The van der Waals surface area contributed by atoms with Crippen molar-refractivity contribution < 1.29 is 0 Å². The Labute approximate surface area is 127 Å². The van der Waals surface area contributed by atoms with Gasteiger partial charge in [-0.25, -0.2) is 0 Å². The van der Waals surface area contributed by atoms with Crippen LogP contribution in [0.4, 0.5) is 0 Å². The van der Waals surface area contributed by atoms with Crippen molar-refractivity contribution in [1.29, 1.82) is 10.5 Å². The first-order valence-corrected chi connectivity index (χ1v) is 7.88. The number of halogens is 1. The second-order valence-electron chi connectivity index (χ2n) is 3.96. The zero-order chi connectivity index (χ0) is 13.9. The molecule has 0 aliphatic heterocycles. The van der Waals surface area contributed by atoms with Gasteiger partial charge in [-0.05, 0) is 24.3 Å². The number of rotatable bonds is 8. The molecule has 0 saturated carbocycles. The minimum Gasteiger partial charge on any atom is -0.300 e. The number of hydrogen-bond donors (Lipinski definition) is 0. The number of benzene rings is 1. The summed E-state index contributed by atoms with van der Waals surface area (Å²) in [5, 5.41) is 17.2. The smallest absolute Gasteiger partial charge is 0.0635 e. The molecule has 0 N–H and O–H groups in total. The summed E-state index contributed by atoms with van der Waals surface area (Å²) in [6.45, 7) is 2.41. The van der Waals surface area contributed by atoms with Crippen LogP contribution in [0.25, 0.3) is 0 Å². The van der Waals surface area contributed by atoms with E-state index in [1.165, 1.54) is 4.90 Å². The fourth-order valence-electron chi connectivity index (χ4n) is 1.58. The van der Waals surface area contributed by atoms with E-state index in [0.29, 0.717) is 12.8 Å². The Bertz CT molecular complexity index is 429. The van der Waals surface area contributed by atoms with Crippen LogP contribution >= 0.6 is 27.7 Å². The maximum Gasteiger partial charge on any atom is 0.0635 e. The highest BCUT2D eigenvalue weighted by Crippen LogP contribution is 2.20. The van der Waals surface area contributed by atoms with Gasteiger partial charge in [-0.1, -0.05) is 15.9 Å². The maximum atomic E-state index is 8.62. The average Bonchev–Trinajstić information content (AvgIpc) is 2.43. The summed E-state index contributed by atoms with van der Waals surface area (Å²) in [5.41, 5.74) is 0. The van der Waals surface area contributed by atoms with Crippen molar-refractivity contribution in [2.24, 2.45) is 0 Å². The molecule has 0 bridgehead atoms. The standard InChI is InChI=1S/C14H16BrN3S/c15-13-3-5-14(6-4-13)19-12-11-18(9-1-7-16)10-2-8-17/h3-6H,1-2,9-12H2. The second kappa shape index (κ2) is 9.86. The largest absolute Gasteiger partial charge is 0.300 e. The molecule has 5 heteroatoms. The van der Waals surface area contributed by atoms with Crippen LogP contribution in [0.2, 0.25) is 0 Å². The predicted octanol–water partition coefficient (Wildman–Crippen LogP) is 3.67. The molecule has 0 atom stereocenters. The molecule has 0 heterocycles. The van der Waals surface area contributed by atoms with Crippen LogP contribution < -0.4 is 0 Å². The number of thioether (sulfide) groups is 1. The molecule has 0 aromatic heterocycles. The van der Waals surface area contributed by atoms with Crippen molar-refractivity contribution in [3.8, 4) is 12.1 Å². The Hall–Kier alpha value is -1.01. The molecule has 100 valence electrons. The highest BCUT2D eigenvalue weighted by molar-refractivity contribution is 9.10. The Morgan fingerprint density at radius 1 is 1.00 bits per heavy atom. The number of nitriles is 2. The van der Waals surface area contributed by atoms with E-state index in [1.807, 2.05) is 12.1 Å². The van der Waals surface area contributed by atoms with E-state index in [1.54, 1.807) is 11.8 Å². The van der Waals surface area contributed by atoms with Crippen molar-refractivity contribution in [1.82, 2.24) is 4.90 Å². The predicted molar refractivity (Wildman–Crippen MR) is 81.8 cm³/mol.